The lowest BCUT2D eigenvalue weighted by molar-refractivity contribution is -0.0593. The van der Waals surface area contributed by atoms with Crippen LogP contribution in [0.4, 0.5) is 0 Å². The summed E-state index contributed by atoms with van der Waals surface area (Å²) in [4.78, 5) is 25.7. The number of nitrogens with zero attached hydrogens (tertiary/aromatic N) is 1. The van der Waals surface area contributed by atoms with Crippen LogP contribution in [0.2, 0.25) is 5.02 Å². The molecule has 5 rings (SSSR count). The summed E-state index contributed by atoms with van der Waals surface area (Å²) in [5, 5.41) is 7.71. The van der Waals surface area contributed by atoms with E-state index in [1.165, 1.54) is 0 Å². The zero-order valence-electron chi connectivity index (χ0n) is 17.9. The van der Waals surface area contributed by atoms with Gasteiger partial charge in [0.1, 0.15) is 11.4 Å². The second-order valence-electron chi connectivity index (χ2n) is 8.72. The molecule has 0 radical (unpaired) electrons. The number of carbonyl (C=O) groups is 2. The first kappa shape index (κ1) is 20.8. The molecular weight excluding hydrogens is 430 g/mol. The van der Waals surface area contributed by atoms with Crippen LogP contribution in [0.25, 0.3) is 10.9 Å². The number of carbonyl (C=O) groups excluding carboxylic acids is 2. The summed E-state index contributed by atoms with van der Waals surface area (Å²) in [6.45, 7) is 3.43. The topological polar surface area (TPSA) is 81.6 Å². The summed E-state index contributed by atoms with van der Waals surface area (Å²) in [6, 6.07) is 12.6. The smallest absolute Gasteiger partial charge is 0.268 e. The maximum atomic E-state index is 13.1. The van der Waals surface area contributed by atoms with Gasteiger partial charge in [-0.2, -0.15) is 0 Å². The van der Waals surface area contributed by atoms with E-state index in [0.29, 0.717) is 48.3 Å². The maximum absolute atomic E-state index is 13.1. The summed E-state index contributed by atoms with van der Waals surface area (Å²) in [5.74, 6) is 0.285. The van der Waals surface area contributed by atoms with Crippen molar-refractivity contribution in [2.75, 3.05) is 19.8 Å². The Kier molecular flexibility index (Phi) is 5.10. The van der Waals surface area contributed by atoms with E-state index in [9.17, 15) is 9.59 Å². The number of hydrogen-bond acceptors (Lipinski definition) is 4. The number of aromatic nitrogens is 1. The molecule has 8 heteroatoms. The number of halogens is 1. The molecule has 1 aromatic heterocycles. The summed E-state index contributed by atoms with van der Waals surface area (Å²) < 4.78 is 12.9. The van der Waals surface area contributed by atoms with Gasteiger partial charge in [0.25, 0.3) is 11.8 Å². The van der Waals surface area contributed by atoms with Crippen molar-refractivity contribution in [2.45, 2.75) is 24.9 Å². The van der Waals surface area contributed by atoms with Crippen molar-refractivity contribution in [3.05, 3.63) is 64.3 Å². The standard InChI is InChI=1S/C24H24ClN3O4/c1-24(12-31-13-24)27-22(29)15-4-6-17-18(7-8-32-21(17)10-15)26-23(30)20-9-14-3-5-16(25)11-19(14)28(20)2/h3-6,9-11,18H,7-8,12-13H2,1-2H3,(H,26,30)(H,27,29)/t18-/m1/s1. The van der Waals surface area contributed by atoms with E-state index in [2.05, 4.69) is 10.6 Å². The van der Waals surface area contributed by atoms with Crippen LogP contribution in [0.5, 0.6) is 5.75 Å². The minimum Gasteiger partial charge on any atom is -0.493 e. The van der Waals surface area contributed by atoms with E-state index < -0.39 is 0 Å². The van der Waals surface area contributed by atoms with Gasteiger partial charge in [0.05, 0.1) is 31.4 Å². The van der Waals surface area contributed by atoms with Crippen LogP contribution in [0.1, 0.15) is 45.8 Å². The fraction of sp³-hybridized carbons (Fsp3) is 0.333. The minimum atomic E-state index is -0.326. The highest BCUT2D eigenvalue weighted by molar-refractivity contribution is 6.31. The molecule has 3 aromatic rings. The number of aryl methyl sites for hydroxylation is 1. The summed E-state index contributed by atoms with van der Waals surface area (Å²) >= 11 is 6.11. The molecule has 2 N–H and O–H groups in total. The van der Waals surface area contributed by atoms with Crippen molar-refractivity contribution in [3.8, 4) is 5.75 Å². The van der Waals surface area contributed by atoms with Gasteiger partial charge in [-0.15, -0.1) is 0 Å². The Labute approximate surface area is 190 Å². The van der Waals surface area contributed by atoms with Crippen molar-refractivity contribution >= 4 is 34.3 Å². The third kappa shape index (κ3) is 3.72. The highest BCUT2D eigenvalue weighted by Crippen LogP contribution is 2.33. The molecule has 2 aliphatic heterocycles. The van der Waals surface area contributed by atoms with Crippen LogP contribution in [-0.4, -0.2) is 41.7 Å². The van der Waals surface area contributed by atoms with Crippen molar-refractivity contribution in [1.82, 2.24) is 15.2 Å². The molecule has 0 bridgehead atoms. The molecule has 1 atom stereocenters. The minimum absolute atomic E-state index is 0.164. The highest BCUT2D eigenvalue weighted by atomic mass is 35.5. The second-order valence-corrected chi connectivity index (χ2v) is 9.15. The zero-order valence-corrected chi connectivity index (χ0v) is 18.7. The Bertz CT molecular complexity index is 1230. The Morgan fingerprint density at radius 2 is 1.94 bits per heavy atom. The monoisotopic (exact) mass is 453 g/mol. The maximum Gasteiger partial charge on any atom is 0.268 e. The fourth-order valence-corrected chi connectivity index (χ4v) is 4.43. The molecule has 1 saturated heterocycles. The molecule has 0 unspecified atom stereocenters. The number of nitrogens with one attached hydrogen (secondary N) is 2. The van der Waals surface area contributed by atoms with Gasteiger partial charge in [-0.05, 0) is 37.3 Å². The molecule has 7 nitrogen and oxygen atoms in total. The Balaban J connectivity index is 1.36. The normalized spacial score (nSPS) is 18.9. The van der Waals surface area contributed by atoms with Crippen LogP contribution >= 0.6 is 11.6 Å². The molecular formula is C24H24ClN3O4. The molecule has 0 aliphatic carbocycles. The molecule has 1 fully saturated rings. The zero-order chi connectivity index (χ0) is 22.5. The molecule has 3 heterocycles. The van der Waals surface area contributed by atoms with Gasteiger partial charge in [0.2, 0.25) is 0 Å². The predicted octanol–water partition coefficient (Wildman–Crippen LogP) is 3.60. The fourth-order valence-electron chi connectivity index (χ4n) is 4.26. The van der Waals surface area contributed by atoms with Gasteiger partial charge in [-0.3, -0.25) is 9.59 Å². The average Bonchev–Trinajstić information content (AvgIpc) is 3.08. The lowest BCUT2D eigenvalue weighted by Gasteiger charge is -2.38. The predicted molar refractivity (Wildman–Crippen MR) is 121 cm³/mol. The van der Waals surface area contributed by atoms with E-state index in [1.807, 2.05) is 48.9 Å². The number of fused-ring (bicyclic) bond motifs is 2. The second kappa shape index (κ2) is 7.83. The SMILES string of the molecule is Cn1c(C(=O)N[C@@H]2CCOc3cc(C(=O)NC4(C)COC4)ccc32)cc2ccc(Cl)cc21. The molecule has 2 amide bonds. The summed E-state index contributed by atoms with van der Waals surface area (Å²) in [7, 11) is 1.85. The van der Waals surface area contributed by atoms with Gasteiger partial charge in [0.15, 0.2) is 0 Å². The van der Waals surface area contributed by atoms with Crippen LogP contribution in [0.15, 0.2) is 42.5 Å². The number of amides is 2. The number of ether oxygens (including phenoxy) is 2. The Hall–Kier alpha value is -3.03. The van der Waals surface area contributed by atoms with Gasteiger partial charge < -0.3 is 24.7 Å². The van der Waals surface area contributed by atoms with Crippen LogP contribution in [0, 0.1) is 0 Å². The molecule has 2 aliphatic rings. The van der Waals surface area contributed by atoms with E-state index in [4.69, 9.17) is 21.1 Å². The number of benzene rings is 2. The van der Waals surface area contributed by atoms with E-state index in [-0.39, 0.29) is 23.4 Å². The largest absolute Gasteiger partial charge is 0.493 e. The molecule has 0 spiro atoms. The van der Waals surface area contributed by atoms with E-state index in [1.54, 1.807) is 12.1 Å². The first-order valence-electron chi connectivity index (χ1n) is 10.6. The van der Waals surface area contributed by atoms with Gasteiger partial charge in [-0.1, -0.05) is 23.7 Å². The third-order valence-electron chi connectivity index (χ3n) is 6.12. The number of hydrogen-bond donors (Lipinski definition) is 2. The highest BCUT2D eigenvalue weighted by Gasteiger charge is 2.35. The molecule has 2 aromatic carbocycles. The first-order valence-corrected chi connectivity index (χ1v) is 10.9. The van der Waals surface area contributed by atoms with Crippen molar-refractivity contribution in [2.24, 2.45) is 7.05 Å². The van der Waals surface area contributed by atoms with Gasteiger partial charge >= 0.3 is 0 Å². The quantitative estimate of drug-likeness (QED) is 0.632. The van der Waals surface area contributed by atoms with Gasteiger partial charge in [-0.25, -0.2) is 0 Å². The van der Waals surface area contributed by atoms with E-state index in [0.717, 1.165) is 16.5 Å². The summed E-state index contributed by atoms with van der Waals surface area (Å²) in [6.07, 6.45) is 0.648. The van der Waals surface area contributed by atoms with Crippen molar-refractivity contribution in [3.63, 3.8) is 0 Å². The van der Waals surface area contributed by atoms with E-state index >= 15 is 0 Å². The van der Waals surface area contributed by atoms with Crippen molar-refractivity contribution in [1.29, 1.82) is 0 Å². The van der Waals surface area contributed by atoms with Crippen molar-refractivity contribution < 1.29 is 19.1 Å². The lowest BCUT2D eigenvalue weighted by Crippen LogP contribution is -2.59. The Morgan fingerprint density at radius 3 is 2.69 bits per heavy atom. The average molecular weight is 454 g/mol. The van der Waals surface area contributed by atoms with Crippen LogP contribution < -0.4 is 15.4 Å². The lowest BCUT2D eigenvalue weighted by atomic mass is 9.97. The Morgan fingerprint density at radius 1 is 1.12 bits per heavy atom. The third-order valence-corrected chi connectivity index (χ3v) is 6.35. The molecule has 0 saturated carbocycles. The first-order chi connectivity index (χ1) is 15.3. The molecule has 166 valence electrons. The summed E-state index contributed by atoms with van der Waals surface area (Å²) in [5.41, 5.74) is 2.52. The van der Waals surface area contributed by atoms with Gasteiger partial charge in [0, 0.05) is 40.5 Å². The number of rotatable bonds is 4. The van der Waals surface area contributed by atoms with Crippen LogP contribution in [0.3, 0.4) is 0 Å². The molecule has 32 heavy (non-hydrogen) atoms. The van der Waals surface area contributed by atoms with Crippen LogP contribution in [-0.2, 0) is 11.8 Å².